The predicted octanol–water partition coefficient (Wildman–Crippen LogP) is 3.09. The Hall–Kier alpha value is -3.45. The van der Waals surface area contributed by atoms with Crippen molar-refractivity contribution < 1.29 is 9.53 Å². The second-order valence-electron chi connectivity index (χ2n) is 8.43. The lowest BCUT2D eigenvalue weighted by Gasteiger charge is -2.32. The molecular formula is C26H30N4O3. The summed E-state index contributed by atoms with van der Waals surface area (Å²) in [4.78, 5) is 33.3. The average Bonchev–Trinajstić information content (AvgIpc) is 2.83. The van der Waals surface area contributed by atoms with Crippen molar-refractivity contribution in [3.63, 3.8) is 0 Å². The first kappa shape index (κ1) is 22.7. The highest BCUT2D eigenvalue weighted by molar-refractivity contribution is 5.94. The smallest absolute Gasteiger partial charge is 0.251 e. The number of ether oxygens (including phenoxy) is 1. The third kappa shape index (κ3) is 6.76. The number of aromatic amines is 1. The maximum atomic E-state index is 12.4. The molecule has 0 spiro atoms. The van der Waals surface area contributed by atoms with Gasteiger partial charge in [0.2, 0.25) is 0 Å². The Morgan fingerprint density at radius 2 is 1.85 bits per heavy atom. The van der Waals surface area contributed by atoms with Gasteiger partial charge in [0, 0.05) is 37.0 Å². The Balaban J connectivity index is 1.21. The number of likely N-dealkylation sites (tertiary alicyclic amines) is 1. The second kappa shape index (κ2) is 10.9. The molecule has 0 radical (unpaired) electrons. The first-order valence-corrected chi connectivity index (χ1v) is 11.4. The van der Waals surface area contributed by atoms with Crippen LogP contribution in [-0.4, -0.2) is 46.5 Å². The van der Waals surface area contributed by atoms with Crippen LogP contribution in [0, 0.1) is 6.92 Å². The molecule has 2 heterocycles. The van der Waals surface area contributed by atoms with Crippen LogP contribution < -0.4 is 15.6 Å². The molecule has 0 atom stereocenters. The molecule has 3 aromatic rings. The number of carbonyl (C=O) groups excluding carboxylic acids is 1. The zero-order valence-electron chi connectivity index (χ0n) is 18.9. The summed E-state index contributed by atoms with van der Waals surface area (Å²) < 4.78 is 6.15. The van der Waals surface area contributed by atoms with Crippen LogP contribution in [0.4, 0.5) is 0 Å². The monoisotopic (exact) mass is 446 g/mol. The van der Waals surface area contributed by atoms with E-state index in [1.807, 2.05) is 12.1 Å². The van der Waals surface area contributed by atoms with Crippen molar-refractivity contribution in [2.45, 2.75) is 38.8 Å². The number of aryl methyl sites for hydroxylation is 1. The number of amides is 1. The fourth-order valence-corrected chi connectivity index (χ4v) is 4.05. The molecular weight excluding hydrogens is 416 g/mol. The summed E-state index contributed by atoms with van der Waals surface area (Å²) in [5, 5.41) is 2.78. The first-order chi connectivity index (χ1) is 16.0. The quantitative estimate of drug-likeness (QED) is 0.555. The van der Waals surface area contributed by atoms with Gasteiger partial charge in [-0.3, -0.25) is 9.59 Å². The Kier molecular flexibility index (Phi) is 7.52. The maximum Gasteiger partial charge on any atom is 0.251 e. The van der Waals surface area contributed by atoms with Crippen molar-refractivity contribution in [3.05, 3.63) is 93.7 Å². The van der Waals surface area contributed by atoms with Crippen LogP contribution >= 0.6 is 0 Å². The molecule has 7 nitrogen and oxygen atoms in total. The zero-order valence-corrected chi connectivity index (χ0v) is 18.9. The van der Waals surface area contributed by atoms with Crippen molar-refractivity contribution in [1.29, 1.82) is 0 Å². The summed E-state index contributed by atoms with van der Waals surface area (Å²) in [6.45, 7) is 5.05. The highest BCUT2D eigenvalue weighted by Crippen LogP contribution is 2.20. The third-order valence-corrected chi connectivity index (χ3v) is 5.85. The molecule has 2 N–H and O–H groups in total. The highest BCUT2D eigenvalue weighted by atomic mass is 16.5. The van der Waals surface area contributed by atoms with Gasteiger partial charge in [-0.2, -0.15) is 0 Å². The summed E-state index contributed by atoms with van der Waals surface area (Å²) in [6, 6.07) is 19.2. The van der Waals surface area contributed by atoms with Gasteiger partial charge in [-0.05, 0) is 56.0 Å². The summed E-state index contributed by atoms with van der Waals surface area (Å²) in [6.07, 6.45) is 3.27. The number of rotatable bonds is 8. The van der Waals surface area contributed by atoms with Gasteiger partial charge < -0.3 is 19.9 Å². The minimum absolute atomic E-state index is 0.164. The summed E-state index contributed by atoms with van der Waals surface area (Å²) in [5.41, 5.74) is 2.30. The highest BCUT2D eigenvalue weighted by Gasteiger charge is 2.20. The number of hydrogen-bond acceptors (Lipinski definition) is 5. The SMILES string of the molecule is Cc1cc(=O)[nH]c(CNC(=O)c2ccc(OC3CCN(CCc4ccccc4)CC3)cc2)n1. The molecule has 1 saturated heterocycles. The normalized spacial score (nSPS) is 14.7. The Labute approximate surface area is 193 Å². The van der Waals surface area contributed by atoms with Crippen LogP contribution in [0.3, 0.4) is 0 Å². The molecule has 0 bridgehead atoms. The predicted molar refractivity (Wildman–Crippen MR) is 127 cm³/mol. The van der Waals surface area contributed by atoms with Gasteiger partial charge in [0.15, 0.2) is 0 Å². The molecule has 1 amide bonds. The number of carbonyl (C=O) groups is 1. The van der Waals surface area contributed by atoms with E-state index in [0.29, 0.717) is 17.1 Å². The lowest BCUT2D eigenvalue weighted by molar-refractivity contribution is 0.0949. The number of piperidine rings is 1. The minimum atomic E-state index is -0.227. The Bertz CT molecular complexity index is 1100. The second-order valence-corrected chi connectivity index (χ2v) is 8.43. The van der Waals surface area contributed by atoms with Crippen LogP contribution in [0.5, 0.6) is 5.75 Å². The fourth-order valence-electron chi connectivity index (χ4n) is 4.05. The fraction of sp³-hybridized carbons (Fsp3) is 0.346. The summed E-state index contributed by atoms with van der Waals surface area (Å²) in [5.74, 6) is 0.986. The van der Waals surface area contributed by atoms with Crippen molar-refractivity contribution >= 4 is 5.91 Å². The molecule has 0 unspecified atom stereocenters. The van der Waals surface area contributed by atoms with E-state index in [0.717, 1.165) is 44.6 Å². The van der Waals surface area contributed by atoms with Crippen molar-refractivity contribution in [1.82, 2.24) is 20.2 Å². The van der Waals surface area contributed by atoms with Crippen LogP contribution in [-0.2, 0) is 13.0 Å². The van der Waals surface area contributed by atoms with E-state index < -0.39 is 0 Å². The number of aromatic nitrogens is 2. The van der Waals surface area contributed by atoms with Crippen molar-refractivity contribution in [2.75, 3.05) is 19.6 Å². The van der Waals surface area contributed by atoms with Crippen LogP contribution in [0.1, 0.15) is 40.3 Å². The van der Waals surface area contributed by atoms with Crippen molar-refractivity contribution in [3.8, 4) is 5.75 Å². The van der Waals surface area contributed by atoms with E-state index in [1.165, 1.54) is 11.6 Å². The lowest BCUT2D eigenvalue weighted by atomic mass is 10.1. The van der Waals surface area contributed by atoms with Crippen LogP contribution in [0.2, 0.25) is 0 Å². The van der Waals surface area contributed by atoms with Gasteiger partial charge in [0.1, 0.15) is 17.7 Å². The molecule has 33 heavy (non-hydrogen) atoms. The van der Waals surface area contributed by atoms with E-state index in [2.05, 4.69) is 50.5 Å². The van der Waals surface area contributed by atoms with E-state index >= 15 is 0 Å². The number of benzene rings is 2. The van der Waals surface area contributed by atoms with Gasteiger partial charge in [-0.25, -0.2) is 4.98 Å². The number of H-pyrrole nitrogens is 1. The van der Waals surface area contributed by atoms with Gasteiger partial charge in [0.05, 0.1) is 6.54 Å². The molecule has 0 saturated carbocycles. The van der Waals surface area contributed by atoms with Gasteiger partial charge in [-0.1, -0.05) is 30.3 Å². The van der Waals surface area contributed by atoms with E-state index in [-0.39, 0.29) is 24.1 Å². The molecule has 7 heteroatoms. The van der Waals surface area contributed by atoms with Gasteiger partial charge in [-0.15, -0.1) is 0 Å². The molecule has 0 aliphatic carbocycles. The third-order valence-electron chi connectivity index (χ3n) is 5.85. The Morgan fingerprint density at radius 1 is 1.12 bits per heavy atom. The lowest BCUT2D eigenvalue weighted by Crippen LogP contribution is -2.39. The molecule has 1 aliphatic rings. The molecule has 4 rings (SSSR count). The molecule has 2 aromatic carbocycles. The van der Waals surface area contributed by atoms with Crippen LogP contribution in [0.25, 0.3) is 0 Å². The molecule has 1 aliphatic heterocycles. The topological polar surface area (TPSA) is 87.3 Å². The zero-order chi connectivity index (χ0) is 23.0. The van der Waals surface area contributed by atoms with E-state index in [9.17, 15) is 9.59 Å². The average molecular weight is 447 g/mol. The van der Waals surface area contributed by atoms with Crippen LogP contribution in [0.15, 0.2) is 65.5 Å². The minimum Gasteiger partial charge on any atom is -0.490 e. The Morgan fingerprint density at radius 3 is 2.55 bits per heavy atom. The van der Waals surface area contributed by atoms with Gasteiger partial charge >= 0.3 is 0 Å². The largest absolute Gasteiger partial charge is 0.490 e. The van der Waals surface area contributed by atoms with Crippen molar-refractivity contribution in [2.24, 2.45) is 0 Å². The number of nitrogens with zero attached hydrogens (tertiary/aromatic N) is 2. The summed E-state index contributed by atoms with van der Waals surface area (Å²) in [7, 11) is 0. The van der Waals surface area contributed by atoms with E-state index in [1.54, 1.807) is 19.1 Å². The number of nitrogens with one attached hydrogen (secondary N) is 2. The maximum absolute atomic E-state index is 12.4. The first-order valence-electron chi connectivity index (χ1n) is 11.4. The molecule has 1 aromatic heterocycles. The number of hydrogen-bond donors (Lipinski definition) is 2. The molecule has 172 valence electrons. The standard InChI is InChI=1S/C26H30N4O3/c1-19-17-25(31)29-24(28-19)18-27-26(32)21-7-9-22(10-8-21)33-23-12-15-30(16-13-23)14-11-20-5-3-2-4-6-20/h2-10,17,23H,11-16,18H2,1H3,(H,27,32)(H,28,29,31). The van der Waals surface area contributed by atoms with E-state index in [4.69, 9.17) is 4.74 Å². The molecule has 1 fully saturated rings. The van der Waals surface area contributed by atoms with Gasteiger partial charge in [0.25, 0.3) is 11.5 Å². The summed E-state index contributed by atoms with van der Waals surface area (Å²) >= 11 is 0.